The van der Waals surface area contributed by atoms with Gasteiger partial charge in [0.25, 0.3) is 0 Å². The number of carboxylic acid groups (broad SMARTS) is 1. The van der Waals surface area contributed by atoms with Crippen LogP contribution in [0.15, 0.2) is 10.9 Å². The number of ketones is 2. The topological polar surface area (TPSA) is 143 Å². The molecule has 1 aliphatic rings. The Hall–Kier alpha value is -3.62. The number of aromatic nitrogens is 1. The highest BCUT2D eigenvalue weighted by molar-refractivity contribution is 6.29. The molecule has 9 nitrogen and oxygen atoms in total. The van der Waals surface area contributed by atoms with Gasteiger partial charge in [-0.1, -0.05) is 13.3 Å². The molecule has 1 aromatic carbocycles. The van der Waals surface area contributed by atoms with E-state index in [2.05, 4.69) is 0 Å². The molecular weight excluding hydrogens is 370 g/mol. The lowest BCUT2D eigenvalue weighted by molar-refractivity contribution is 0.0680. The summed E-state index contributed by atoms with van der Waals surface area (Å²) in [6, 6.07) is 1.19. The number of carboxylic acids is 1. The fourth-order valence-electron chi connectivity index (χ4n) is 3.58. The Labute approximate surface area is 158 Å². The first-order valence-corrected chi connectivity index (χ1v) is 8.38. The molecular formula is C19H17NO8. The number of phenols is 1. The van der Waals surface area contributed by atoms with Gasteiger partial charge >= 0.3 is 5.97 Å². The van der Waals surface area contributed by atoms with Crippen LogP contribution in [0.3, 0.4) is 0 Å². The quantitative estimate of drug-likeness (QED) is 0.606. The number of phenolic OH excluding ortho intramolecular Hbond substituents is 1. The van der Waals surface area contributed by atoms with E-state index in [0.717, 1.165) is 11.6 Å². The van der Waals surface area contributed by atoms with E-state index < -0.39 is 51.4 Å². The lowest BCUT2D eigenvalue weighted by Gasteiger charge is -2.25. The number of rotatable bonds is 4. The fourth-order valence-corrected chi connectivity index (χ4v) is 3.58. The average Bonchev–Trinajstić information content (AvgIpc) is 2.63. The number of benzene rings is 1. The highest BCUT2D eigenvalue weighted by Gasteiger charge is 2.41. The summed E-state index contributed by atoms with van der Waals surface area (Å²) >= 11 is 0. The summed E-state index contributed by atoms with van der Waals surface area (Å²) in [4.78, 5) is 50.2. The Bertz CT molecular complexity index is 1130. The number of aromatic carboxylic acids is 1. The van der Waals surface area contributed by atoms with E-state index in [0.29, 0.717) is 18.4 Å². The zero-order chi connectivity index (χ0) is 20.9. The summed E-state index contributed by atoms with van der Waals surface area (Å²) in [5, 5.41) is 29.6. The van der Waals surface area contributed by atoms with Crippen LogP contribution in [0.4, 0.5) is 0 Å². The predicted molar refractivity (Wildman–Crippen MR) is 95.8 cm³/mol. The normalized spacial score (nSPS) is 12.5. The van der Waals surface area contributed by atoms with Crippen LogP contribution in [0, 0.1) is 0 Å². The molecule has 0 saturated carbocycles. The van der Waals surface area contributed by atoms with Gasteiger partial charge in [-0.3, -0.25) is 14.4 Å². The van der Waals surface area contributed by atoms with Crippen LogP contribution < -0.4 is 10.2 Å². The van der Waals surface area contributed by atoms with Gasteiger partial charge in [0.1, 0.15) is 22.8 Å². The zero-order valence-electron chi connectivity index (χ0n) is 15.3. The molecule has 1 aliphatic carbocycles. The third kappa shape index (κ3) is 2.39. The number of fused-ring (bicyclic) bond motifs is 2. The van der Waals surface area contributed by atoms with E-state index in [1.54, 1.807) is 0 Å². The minimum absolute atomic E-state index is 0.131. The molecule has 0 radical (unpaired) electrons. The molecule has 28 heavy (non-hydrogen) atoms. The lowest BCUT2D eigenvalue weighted by atomic mass is 9.81. The number of nitrogens with zero attached hydrogens (tertiary/aromatic N) is 1. The van der Waals surface area contributed by atoms with Gasteiger partial charge in [-0.15, -0.1) is 0 Å². The largest absolute Gasteiger partial charge is 0.507 e. The van der Waals surface area contributed by atoms with Crippen molar-refractivity contribution in [2.45, 2.75) is 19.8 Å². The number of carbonyl (C=O) groups is 3. The Kier molecular flexibility index (Phi) is 4.46. The van der Waals surface area contributed by atoms with E-state index in [1.807, 2.05) is 6.92 Å². The highest BCUT2D eigenvalue weighted by Crippen LogP contribution is 2.40. The second-order valence-corrected chi connectivity index (χ2v) is 6.35. The summed E-state index contributed by atoms with van der Waals surface area (Å²) in [5.41, 5.74) is -3.33. The number of hydrogen-bond acceptors (Lipinski definition) is 7. The molecule has 0 aliphatic heterocycles. The smallest absolute Gasteiger partial charge is 0.356 e. The van der Waals surface area contributed by atoms with Gasteiger partial charge < -0.3 is 24.6 Å². The SMILES string of the molecule is CCCc1c(OC)cc(O)c2c1C(=O)c1c(c(=O)c(O)c(C(=O)O)n1C)C2=O. The lowest BCUT2D eigenvalue weighted by Crippen LogP contribution is -2.34. The van der Waals surface area contributed by atoms with Crippen molar-refractivity contribution in [3.63, 3.8) is 0 Å². The van der Waals surface area contributed by atoms with E-state index >= 15 is 0 Å². The number of aromatic hydroxyl groups is 2. The van der Waals surface area contributed by atoms with Crippen LogP contribution in [0.25, 0.3) is 0 Å². The third-order valence-electron chi connectivity index (χ3n) is 4.77. The zero-order valence-corrected chi connectivity index (χ0v) is 15.3. The molecule has 2 aromatic rings. The maximum absolute atomic E-state index is 13.3. The molecule has 9 heteroatoms. The molecule has 0 bridgehead atoms. The highest BCUT2D eigenvalue weighted by atomic mass is 16.5. The monoisotopic (exact) mass is 387 g/mol. The van der Waals surface area contributed by atoms with E-state index in [4.69, 9.17) is 4.74 Å². The van der Waals surface area contributed by atoms with Crippen LogP contribution in [0.2, 0.25) is 0 Å². The number of carbonyl (C=O) groups excluding carboxylic acids is 2. The van der Waals surface area contributed by atoms with Crippen molar-refractivity contribution in [3.05, 3.63) is 49.9 Å². The standard InChI is InChI=1S/C19H17NO8/c1-4-5-7-9(28-3)6-8(21)11-10(7)16(23)13-12(15(11)22)17(24)18(25)14(19(26)27)20(13)2/h6,21,25H,4-5H2,1-3H3,(H,26,27). The molecule has 0 amide bonds. The van der Waals surface area contributed by atoms with Gasteiger partial charge in [-0.05, 0) is 6.42 Å². The Balaban J connectivity index is 2.50. The van der Waals surface area contributed by atoms with Crippen molar-refractivity contribution in [1.29, 1.82) is 0 Å². The summed E-state index contributed by atoms with van der Waals surface area (Å²) in [7, 11) is 2.51. The van der Waals surface area contributed by atoms with Crippen molar-refractivity contribution in [2.24, 2.45) is 7.05 Å². The molecule has 146 valence electrons. The predicted octanol–water partition coefficient (Wildman–Crippen LogP) is 1.23. The Morgan fingerprint density at radius 2 is 1.75 bits per heavy atom. The van der Waals surface area contributed by atoms with Crippen molar-refractivity contribution in [2.75, 3.05) is 7.11 Å². The van der Waals surface area contributed by atoms with Crippen LogP contribution in [-0.2, 0) is 13.5 Å². The molecule has 0 unspecified atom stereocenters. The maximum atomic E-state index is 13.3. The number of pyridine rings is 1. The van der Waals surface area contributed by atoms with Crippen LogP contribution in [0.5, 0.6) is 17.2 Å². The van der Waals surface area contributed by atoms with Crippen molar-refractivity contribution in [1.82, 2.24) is 4.57 Å². The molecule has 3 N–H and O–H groups in total. The van der Waals surface area contributed by atoms with Gasteiger partial charge in [-0.25, -0.2) is 4.79 Å². The third-order valence-corrected chi connectivity index (χ3v) is 4.77. The first-order chi connectivity index (χ1) is 13.2. The van der Waals surface area contributed by atoms with Crippen molar-refractivity contribution in [3.8, 4) is 17.2 Å². The second-order valence-electron chi connectivity index (χ2n) is 6.35. The van der Waals surface area contributed by atoms with Crippen molar-refractivity contribution >= 4 is 17.5 Å². The summed E-state index contributed by atoms with van der Waals surface area (Å²) in [6.07, 6.45) is 0.939. The second kappa shape index (κ2) is 6.52. The van der Waals surface area contributed by atoms with E-state index in [-0.39, 0.29) is 16.9 Å². The number of methoxy groups -OCH3 is 1. The molecule has 3 rings (SSSR count). The molecule has 0 fully saturated rings. The first kappa shape index (κ1) is 19.2. The van der Waals surface area contributed by atoms with Gasteiger partial charge in [0.15, 0.2) is 11.4 Å². The van der Waals surface area contributed by atoms with Crippen molar-refractivity contribution < 1.29 is 34.4 Å². The van der Waals surface area contributed by atoms with Gasteiger partial charge in [-0.2, -0.15) is 0 Å². The molecule has 1 aromatic heterocycles. The number of hydrogen-bond donors (Lipinski definition) is 3. The average molecular weight is 387 g/mol. The van der Waals surface area contributed by atoms with Gasteiger partial charge in [0.2, 0.25) is 17.0 Å². The van der Waals surface area contributed by atoms with E-state index in [9.17, 15) is 34.5 Å². The van der Waals surface area contributed by atoms with Crippen LogP contribution in [0.1, 0.15) is 61.4 Å². The molecule has 1 heterocycles. The molecule has 0 spiro atoms. The van der Waals surface area contributed by atoms with Crippen LogP contribution >= 0.6 is 0 Å². The van der Waals surface area contributed by atoms with Gasteiger partial charge in [0.05, 0.1) is 12.7 Å². The summed E-state index contributed by atoms with van der Waals surface area (Å²) < 4.78 is 6.03. The Morgan fingerprint density at radius 1 is 1.11 bits per heavy atom. The number of ether oxygens (including phenoxy) is 1. The van der Waals surface area contributed by atoms with Crippen LogP contribution in [-0.4, -0.2) is 44.5 Å². The minimum Gasteiger partial charge on any atom is -0.507 e. The fraction of sp³-hybridized carbons (Fsp3) is 0.263. The van der Waals surface area contributed by atoms with Gasteiger partial charge in [0, 0.05) is 24.2 Å². The molecule has 0 atom stereocenters. The Morgan fingerprint density at radius 3 is 2.29 bits per heavy atom. The molecule has 0 saturated heterocycles. The minimum atomic E-state index is -1.63. The van der Waals surface area contributed by atoms with E-state index in [1.165, 1.54) is 13.2 Å². The summed E-state index contributed by atoms with van der Waals surface area (Å²) in [5.74, 6) is -4.89. The maximum Gasteiger partial charge on any atom is 0.356 e. The first-order valence-electron chi connectivity index (χ1n) is 8.38. The summed E-state index contributed by atoms with van der Waals surface area (Å²) in [6.45, 7) is 1.85.